The van der Waals surface area contributed by atoms with Gasteiger partial charge < -0.3 is 20.0 Å². The van der Waals surface area contributed by atoms with E-state index in [1.54, 1.807) is 67.6 Å². The van der Waals surface area contributed by atoms with Crippen LogP contribution in [0.15, 0.2) is 74.7 Å². The van der Waals surface area contributed by atoms with Crippen LogP contribution in [0.1, 0.15) is 33.1 Å². The van der Waals surface area contributed by atoms with Gasteiger partial charge in [-0.2, -0.15) is 0 Å². The van der Waals surface area contributed by atoms with Gasteiger partial charge in [0.2, 0.25) is 0 Å². The number of H-pyrrole nitrogens is 1. The van der Waals surface area contributed by atoms with Gasteiger partial charge in [-0.1, -0.05) is 12.1 Å². The molecule has 168 valence electrons. The van der Waals surface area contributed by atoms with Gasteiger partial charge in [0.25, 0.3) is 17.4 Å². The molecule has 9 heteroatoms. The zero-order chi connectivity index (χ0) is 23.4. The normalized spacial score (nSPS) is 10.8. The number of furan rings is 1. The summed E-state index contributed by atoms with van der Waals surface area (Å²) in [6, 6.07) is 16.5. The highest BCUT2D eigenvalue weighted by atomic mass is 16.3. The van der Waals surface area contributed by atoms with E-state index < -0.39 is 5.69 Å². The molecule has 9 nitrogen and oxygen atoms in total. The first-order valence-corrected chi connectivity index (χ1v) is 10.4. The van der Waals surface area contributed by atoms with Gasteiger partial charge in [-0.25, -0.2) is 4.79 Å². The monoisotopic (exact) mass is 446 g/mol. The van der Waals surface area contributed by atoms with Crippen molar-refractivity contribution in [3.63, 3.8) is 0 Å². The largest absolute Gasteiger partial charge is 0.456 e. The first-order chi connectivity index (χ1) is 15.9. The number of para-hydroxylation sites is 1. The number of nitrogens with zero attached hydrogens (tertiary/aromatic N) is 1. The summed E-state index contributed by atoms with van der Waals surface area (Å²) in [4.78, 5) is 51.9. The Bertz CT molecular complexity index is 1430. The molecule has 0 fully saturated rings. The molecule has 2 amide bonds. The lowest BCUT2D eigenvalue weighted by atomic mass is 10.2. The van der Waals surface area contributed by atoms with Gasteiger partial charge in [0, 0.05) is 24.3 Å². The van der Waals surface area contributed by atoms with E-state index in [0.29, 0.717) is 34.3 Å². The molecule has 33 heavy (non-hydrogen) atoms. The smallest absolute Gasteiger partial charge is 0.328 e. The number of fused-ring (bicyclic) bond motifs is 1. The van der Waals surface area contributed by atoms with Crippen molar-refractivity contribution in [2.45, 2.75) is 19.9 Å². The van der Waals surface area contributed by atoms with Crippen molar-refractivity contribution in [3.05, 3.63) is 98.6 Å². The summed E-state index contributed by atoms with van der Waals surface area (Å²) in [7, 11) is 0. The third-order valence-electron chi connectivity index (χ3n) is 5.10. The number of aromatic amines is 1. The molecule has 0 saturated carbocycles. The molecule has 2 aromatic heterocycles. The van der Waals surface area contributed by atoms with Gasteiger partial charge >= 0.3 is 5.69 Å². The molecule has 0 atom stereocenters. The van der Waals surface area contributed by atoms with Crippen LogP contribution >= 0.6 is 0 Å². The Balaban J connectivity index is 1.30. The van der Waals surface area contributed by atoms with Crippen LogP contribution in [0.5, 0.6) is 0 Å². The maximum absolute atomic E-state index is 12.5. The molecule has 3 N–H and O–H groups in total. The van der Waals surface area contributed by atoms with Crippen LogP contribution in [0.3, 0.4) is 0 Å². The summed E-state index contributed by atoms with van der Waals surface area (Å²) in [5.74, 6) is 0.175. The second-order valence-electron chi connectivity index (χ2n) is 7.48. The molecule has 0 spiro atoms. The number of benzene rings is 2. The Labute approximate surface area is 188 Å². The Morgan fingerprint density at radius 2 is 1.73 bits per heavy atom. The van der Waals surface area contributed by atoms with E-state index in [9.17, 15) is 19.2 Å². The molecule has 0 aliphatic heterocycles. The summed E-state index contributed by atoms with van der Waals surface area (Å²) in [6.45, 7) is 2.22. The summed E-state index contributed by atoms with van der Waals surface area (Å²) in [5, 5.41) is 5.91. The molecule has 2 aromatic carbocycles. The molecule has 2 heterocycles. The van der Waals surface area contributed by atoms with E-state index >= 15 is 0 Å². The molecule has 0 bridgehead atoms. The van der Waals surface area contributed by atoms with Gasteiger partial charge in [0.05, 0.1) is 10.9 Å². The Hall–Kier alpha value is -4.40. The molecule has 0 aliphatic rings. The number of amides is 2. The maximum atomic E-state index is 12.5. The van der Waals surface area contributed by atoms with E-state index in [-0.39, 0.29) is 36.2 Å². The lowest BCUT2D eigenvalue weighted by molar-refractivity contribution is 0.0951. The number of anilines is 1. The highest BCUT2D eigenvalue weighted by Gasteiger charge is 2.11. The van der Waals surface area contributed by atoms with E-state index in [1.165, 1.54) is 0 Å². The van der Waals surface area contributed by atoms with Crippen molar-refractivity contribution in [1.29, 1.82) is 0 Å². The van der Waals surface area contributed by atoms with E-state index in [1.807, 2.05) is 0 Å². The van der Waals surface area contributed by atoms with Crippen LogP contribution in [-0.2, 0) is 6.54 Å². The van der Waals surface area contributed by atoms with Crippen molar-refractivity contribution >= 4 is 28.4 Å². The second-order valence-corrected chi connectivity index (χ2v) is 7.48. The molecule has 4 rings (SSSR count). The molecule has 0 radical (unpaired) electrons. The summed E-state index contributed by atoms with van der Waals surface area (Å²) < 4.78 is 6.41. The lowest BCUT2D eigenvalue weighted by Crippen LogP contribution is -2.36. The quantitative estimate of drug-likeness (QED) is 0.376. The maximum Gasteiger partial charge on any atom is 0.328 e. The summed E-state index contributed by atoms with van der Waals surface area (Å²) in [6.07, 6.45) is 0.407. The topological polar surface area (TPSA) is 126 Å². The van der Waals surface area contributed by atoms with Crippen LogP contribution in [0.2, 0.25) is 0 Å². The van der Waals surface area contributed by atoms with Gasteiger partial charge in [-0.15, -0.1) is 0 Å². The van der Waals surface area contributed by atoms with Crippen LogP contribution in [0, 0.1) is 6.92 Å². The summed E-state index contributed by atoms with van der Waals surface area (Å²) >= 11 is 0. The van der Waals surface area contributed by atoms with Crippen LogP contribution < -0.4 is 21.9 Å². The van der Waals surface area contributed by atoms with Crippen molar-refractivity contribution in [3.8, 4) is 0 Å². The van der Waals surface area contributed by atoms with E-state index in [0.717, 1.165) is 4.57 Å². The number of hydrogen-bond donors (Lipinski definition) is 3. The molecular weight excluding hydrogens is 424 g/mol. The Morgan fingerprint density at radius 1 is 0.970 bits per heavy atom. The van der Waals surface area contributed by atoms with Crippen LogP contribution in [0.4, 0.5) is 5.69 Å². The van der Waals surface area contributed by atoms with Crippen LogP contribution in [-0.4, -0.2) is 27.9 Å². The van der Waals surface area contributed by atoms with E-state index in [2.05, 4.69) is 15.6 Å². The van der Waals surface area contributed by atoms with Crippen molar-refractivity contribution < 1.29 is 14.0 Å². The first-order valence-electron chi connectivity index (χ1n) is 10.4. The number of nitrogens with one attached hydrogen (secondary N) is 3. The minimum Gasteiger partial charge on any atom is -0.456 e. The van der Waals surface area contributed by atoms with Crippen LogP contribution in [0.25, 0.3) is 10.9 Å². The number of aryl methyl sites for hydroxylation is 1. The first kappa shape index (κ1) is 21.8. The van der Waals surface area contributed by atoms with Crippen molar-refractivity contribution in [1.82, 2.24) is 14.9 Å². The van der Waals surface area contributed by atoms with Crippen molar-refractivity contribution in [2.75, 3.05) is 11.9 Å². The molecule has 0 saturated heterocycles. The number of carbonyl (C=O) groups excluding carboxylic acids is 2. The van der Waals surface area contributed by atoms with E-state index in [4.69, 9.17) is 4.42 Å². The minimum absolute atomic E-state index is 0.177. The minimum atomic E-state index is -0.479. The molecule has 0 unspecified atom stereocenters. The third kappa shape index (κ3) is 4.93. The number of aromatic nitrogens is 2. The predicted molar refractivity (Wildman–Crippen MR) is 124 cm³/mol. The molecule has 4 aromatic rings. The second kappa shape index (κ2) is 9.39. The zero-order valence-corrected chi connectivity index (χ0v) is 17.9. The molecular formula is C24H22N4O5. The van der Waals surface area contributed by atoms with Crippen molar-refractivity contribution in [2.24, 2.45) is 0 Å². The fourth-order valence-corrected chi connectivity index (χ4v) is 3.40. The Kier molecular flexibility index (Phi) is 6.21. The predicted octanol–water partition coefficient (Wildman–Crippen LogP) is 2.66. The van der Waals surface area contributed by atoms with Gasteiger partial charge in [-0.3, -0.25) is 19.0 Å². The summed E-state index contributed by atoms with van der Waals surface area (Å²) in [5.41, 5.74) is 0.606. The highest BCUT2D eigenvalue weighted by Crippen LogP contribution is 2.13. The van der Waals surface area contributed by atoms with Gasteiger partial charge in [0.15, 0.2) is 5.76 Å². The zero-order valence-electron chi connectivity index (χ0n) is 17.9. The number of rotatable bonds is 7. The highest BCUT2D eigenvalue weighted by molar-refractivity contribution is 6.02. The fourth-order valence-electron chi connectivity index (χ4n) is 3.40. The standard InChI is InChI=1S/C24H22N4O5/c1-15-7-12-20(33-15)22(30)26-17-10-8-16(9-11-17)21(29)25-13-4-14-28-23(31)18-5-2-3-6-19(18)27-24(28)32/h2-3,5-12H,4,13-14H2,1H3,(H,25,29)(H,26,30)(H,27,32). The third-order valence-corrected chi connectivity index (χ3v) is 5.10. The Morgan fingerprint density at radius 3 is 2.45 bits per heavy atom. The molecule has 0 aliphatic carbocycles. The van der Waals surface area contributed by atoms with Gasteiger partial charge in [0.1, 0.15) is 5.76 Å². The average Bonchev–Trinajstić information content (AvgIpc) is 3.25. The lowest BCUT2D eigenvalue weighted by Gasteiger charge is -2.08. The average molecular weight is 446 g/mol. The number of carbonyl (C=O) groups is 2. The number of hydrogen-bond acceptors (Lipinski definition) is 5. The van der Waals surface area contributed by atoms with Gasteiger partial charge in [-0.05, 0) is 61.9 Å². The fraction of sp³-hybridized carbons (Fsp3) is 0.167. The SMILES string of the molecule is Cc1ccc(C(=O)Nc2ccc(C(=O)NCCCn3c(=O)[nH]c4ccccc4c3=O)cc2)o1.